The summed E-state index contributed by atoms with van der Waals surface area (Å²) >= 11 is 3.39. The Labute approximate surface area is 185 Å². The molecule has 0 aliphatic carbocycles. The molecule has 1 N–H and O–H groups in total. The van der Waals surface area contributed by atoms with Gasteiger partial charge in [-0.15, -0.1) is 0 Å². The lowest BCUT2D eigenvalue weighted by molar-refractivity contribution is -0.116. The molecular weight excluding hydrogens is 464 g/mol. The molecule has 156 valence electrons. The van der Waals surface area contributed by atoms with Crippen molar-refractivity contribution < 1.29 is 14.1 Å². The van der Waals surface area contributed by atoms with E-state index in [1.165, 1.54) is 16.8 Å². The number of anilines is 1. The fraction of sp³-hybridized carbons (Fsp3) is 0.0909. The maximum atomic E-state index is 12.4. The normalized spacial score (nSPS) is 10.6. The van der Waals surface area contributed by atoms with Crippen LogP contribution in [-0.4, -0.2) is 27.7 Å². The van der Waals surface area contributed by atoms with E-state index in [1.54, 1.807) is 37.4 Å². The van der Waals surface area contributed by atoms with Gasteiger partial charge in [-0.2, -0.15) is 4.98 Å². The average molecular weight is 481 g/mol. The van der Waals surface area contributed by atoms with Gasteiger partial charge in [0.25, 0.3) is 11.4 Å². The molecule has 8 nitrogen and oxygen atoms in total. The molecule has 0 aliphatic heterocycles. The summed E-state index contributed by atoms with van der Waals surface area (Å²) in [6.07, 6.45) is 1.52. The molecule has 0 unspecified atom stereocenters. The first kappa shape index (κ1) is 20.5. The first-order valence-electron chi connectivity index (χ1n) is 9.26. The summed E-state index contributed by atoms with van der Waals surface area (Å²) in [6, 6.07) is 17.4. The SMILES string of the molecule is COc1cccc(NC(=O)Cn2cc(-c3nc(-c4ccc(Br)cc4)no3)ccc2=O)c1. The van der Waals surface area contributed by atoms with Crippen molar-refractivity contribution in [3.05, 3.63) is 81.7 Å². The van der Waals surface area contributed by atoms with Crippen LogP contribution in [0.1, 0.15) is 0 Å². The predicted molar refractivity (Wildman–Crippen MR) is 119 cm³/mol. The van der Waals surface area contributed by atoms with E-state index >= 15 is 0 Å². The third-order valence-electron chi connectivity index (χ3n) is 4.43. The van der Waals surface area contributed by atoms with Crippen LogP contribution in [0.25, 0.3) is 22.8 Å². The highest BCUT2D eigenvalue weighted by Crippen LogP contribution is 2.23. The van der Waals surface area contributed by atoms with Crippen LogP contribution in [0, 0.1) is 0 Å². The molecule has 4 aromatic rings. The average Bonchev–Trinajstić information content (AvgIpc) is 3.26. The van der Waals surface area contributed by atoms with Crippen molar-refractivity contribution in [3.8, 4) is 28.6 Å². The second-order valence-corrected chi connectivity index (χ2v) is 7.51. The van der Waals surface area contributed by atoms with Gasteiger partial charge < -0.3 is 19.1 Å². The van der Waals surface area contributed by atoms with Crippen molar-refractivity contribution >= 4 is 27.5 Å². The molecule has 0 spiro atoms. The van der Waals surface area contributed by atoms with Crippen LogP contribution in [0.15, 0.2) is 80.7 Å². The van der Waals surface area contributed by atoms with Crippen molar-refractivity contribution in [2.45, 2.75) is 6.54 Å². The second-order valence-electron chi connectivity index (χ2n) is 6.59. The summed E-state index contributed by atoms with van der Waals surface area (Å²) < 4.78 is 12.7. The maximum Gasteiger partial charge on any atom is 0.259 e. The van der Waals surface area contributed by atoms with Gasteiger partial charge in [0.1, 0.15) is 12.3 Å². The Bertz CT molecular complexity index is 1280. The van der Waals surface area contributed by atoms with E-state index in [0.29, 0.717) is 22.8 Å². The summed E-state index contributed by atoms with van der Waals surface area (Å²) in [5.41, 5.74) is 1.58. The second kappa shape index (κ2) is 8.97. The molecule has 1 amide bonds. The molecule has 0 radical (unpaired) electrons. The fourth-order valence-corrected chi connectivity index (χ4v) is 3.16. The number of nitrogens with one attached hydrogen (secondary N) is 1. The summed E-state index contributed by atoms with van der Waals surface area (Å²) in [5, 5.41) is 6.75. The number of ether oxygens (including phenoxy) is 1. The van der Waals surface area contributed by atoms with E-state index in [-0.39, 0.29) is 23.9 Å². The molecular formula is C22H17BrN4O4. The predicted octanol–water partition coefficient (Wildman–Crippen LogP) is 3.98. The molecule has 0 atom stereocenters. The van der Waals surface area contributed by atoms with Crippen molar-refractivity contribution in [1.29, 1.82) is 0 Å². The van der Waals surface area contributed by atoms with Gasteiger partial charge in [-0.3, -0.25) is 9.59 Å². The van der Waals surface area contributed by atoms with E-state index in [1.807, 2.05) is 24.3 Å². The number of hydrogen-bond acceptors (Lipinski definition) is 6. The molecule has 2 aromatic heterocycles. The molecule has 0 bridgehead atoms. The molecule has 0 saturated heterocycles. The Morgan fingerprint density at radius 3 is 2.68 bits per heavy atom. The van der Waals surface area contributed by atoms with Gasteiger partial charge in [0.2, 0.25) is 11.7 Å². The number of nitrogens with zero attached hydrogens (tertiary/aromatic N) is 3. The molecule has 2 heterocycles. The van der Waals surface area contributed by atoms with Crippen molar-refractivity contribution in [2.24, 2.45) is 0 Å². The molecule has 0 aliphatic rings. The highest BCUT2D eigenvalue weighted by Gasteiger charge is 2.13. The highest BCUT2D eigenvalue weighted by atomic mass is 79.9. The minimum Gasteiger partial charge on any atom is -0.497 e. The minimum absolute atomic E-state index is 0.169. The Kier molecular flexibility index (Phi) is 5.94. The smallest absolute Gasteiger partial charge is 0.259 e. The van der Waals surface area contributed by atoms with Gasteiger partial charge >= 0.3 is 0 Å². The topological polar surface area (TPSA) is 99.2 Å². The zero-order valence-corrected chi connectivity index (χ0v) is 18.0. The van der Waals surface area contributed by atoms with Crippen molar-refractivity contribution in [1.82, 2.24) is 14.7 Å². The van der Waals surface area contributed by atoms with E-state index in [0.717, 1.165) is 10.0 Å². The van der Waals surface area contributed by atoms with Crippen LogP contribution in [0.4, 0.5) is 5.69 Å². The number of benzene rings is 2. The number of hydrogen-bond donors (Lipinski definition) is 1. The summed E-state index contributed by atoms with van der Waals surface area (Å²) in [4.78, 5) is 29.1. The summed E-state index contributed by atoms with van der Waals surface area (Å²) in [7, 11) is 1.55. The van der Waals surface area contributed by atoms with Gasteiger partial charge in [0, 0.05) is 34.1 Å². The van der Waals surface area contributed by atoms with Crippen LogP contribution in [0.2, 0.25) is 0 Å². The van der Waals surface area contributed by atoms with Gasteiger partial charge in [-0.05, 0) is 42.5 Å². The Balaban J connectivity index is 1.52. The molecule has 4 rings (SSSR count). The third-order valence-corrected chi connectivity index (χ3v) is 4.95. The molecule has 2 aromatic carbocycles. The lowest BCUT2D eigenvalue weighted by Crippen LogP contribution is -2.26. The minimum atomic E-state index is -0.353. The molecule has 0 fully saturated rings. The summed E-state index contributed by atoms with van der Waals surface area (Å²) in [5.74, 6) is 0.944. The number of pyridine rings is 1. The first-order valence-corrected chi connectivity index (χ1v) is 10.1. The number of rotatable bonds is 6. The standard InChI is InChI=1S/C22H17BrN4O4/c1-30-18-4-2-3-17(11-18)24-19(28)13-27-12-15(7-10-20(27)29)22-25-21(26-31-22)14-5-8-16(23)9-6-14/h2-12H,13H2,1H3,(H,24,28). The Morgan fingerprint density at radius 1 is 1.13 bits per heavy atom. The largest absolute Gasteiger partial charge is 0.497 e. The molecule has 31 heavy (non-hydrogen) atoms. The third kappa shape index (κ3) is 4.89. The Hall–Kier alpha value is -3.72. The zero-order chi connectivity index (χ0) is 21.8. The summed E-state index contributed by atoms with van der Waals surface area (Å²) in [6.45, 7) is -0.169. The van der Waals surface area contributed by atoms with E-state index in [2.05, 4.69) is 31.4 Å². The van der Waals surface area contributed by atoms with Gasteiger partial charge in [0.15, 0.2) is 0 Å². The number of aromatic nitrogens is 3. The number of amides is 1. The van der Waals surface area contributed by atoms with Crippen LogP contribution in [0.3, 0.4) is 0 Å². The van der Waals surface area contributed by atoms with Crippen LogP contribution < -0.4 is 15.6 Å². The van der Waals surface area contributed by atoms with Crippen LogP contribution in [-0.2, 0) is 11.3 Å². The van der Waals surface area contributed by atoms with Gasteiger partial charge in [-0.1, -0.05) is 27.2 Å². The van der Waals surface area contributed by atoms with E-state index in [4.69, 9.17) is 9.26 Å². The maximum absolute atomic E-state index is 12.4. The van der Waals surface area contributed by atoms with E-state index in [9.17, 15) is 9.59 Å². The highest BCUT2D eigenvalue weighted by molar-refractivity contribution is 9.10. The van der Waals surface area contributed by atoms with Gasteiger partial charge in [-0.25, -0.2) is 0 Å². The molecule has 9 heteroatoms. The Morgan fingerprint density at radius 2 is 1.90 bits per heavy atom. The lowest BCUT2D eigenvalue weighted by Gasteiger charge is -2.09. The van der Waals surface area contributed by atoms with Crippen molar-refractivity contribution in [2.75, 3.05) is 12.4 Å². The zero-order valence-electron chi connectivity index (χ0n) is 16.4. The first-order chi connectivity index (χ1) is 15.0. The van der Waals surface area contributed by atoms with Gasteiger partial charge in [0.05, 0.1) is 12.7 Å². The van der Waals surface area contributed by atoms with E-state index < -0.39 is 0 Å². The van der Waals surface area contributed by atoms with Crippen molar-refractivity contribution in [3.63, 3.8) is 0 Å². The molecule has 0 saturated carbocycles. The quantitative estimate of drug-likeness (QED) is 0.448. The lowest BCUT2D eigenvalue weighted by atomic mass is 10.2. The number of methoxy groups -OCH3 is 1. The van der Waals surface area contributed by atoms with Crippen LogP contribution >= 0.6 is 15.9 Å². The van der Waals surface area contributed by atoms with Crippen LogP contribution in [0.5, 0.6) is 5.75 Å². The number of carbonyl (C=O) groups is 1. The number of halogens is 1. The monoisotopic (exact) mass is 480 g/mol. The number of carbonyl (C=O) groups excluding carboxylic acids is 1. The fourth-order valence-electron chi connectivity index (χ4n) is 2.89.